The predicted molar refractivity (Wildman–Crippen MR) is 79.0 cm³/mol. The molecule has 0 radical (unpaired) electrons. The second-order valence-electron chi connectivity index (χ2n) is 5.14. The highest BCUT2D eigenvalue weighted by atomic mass is 16.4. The summed E-state index contributed by atoms with van der Waals surface area (Å²) >= 11 is 0. The molecule has 2 N–H and O–H groups in total. The van der Waals surface area contributed by atoms with Crippen LogP contribution in [0.5, 0.6) is 0 Å². The fraction of sp³-hybridized carbons (Fsp3) is 0.200. The number of imide groups is 1. The van der Waals surface area contributed by atoms with Gasteiger partial charge in [0.2, 0.25) is 0 Å². The Kier molecular flexibility index (Phi) is 3.80. The highest BCUT2D eigenvalue weighted by Crippen LogP contribution is 2.22. The van der Waals surface area contributed by atoms with Crippen molar-refractivity contribution in [2.45, 2.75) is 12.6 Å². The third kappa shape index (κ3) is 2.91. The number of rotatable bonds is 5. The van der Waals surface area contributed by atoms with Gasteiger partial charge in [-0.3, -0.25) is 19.2 Å². The van der Waals surface area contributed by atoms with E-state index < -0.39 is 23.9 Å². The number of benzene rings is 1. The van der Waals surface area contributed by atoms with Crippen LogP contribution in [0.25, 0.3) is 0 Å². The molecule has 0 fully saturated rings. The molecule has 3 amide bonds. The number of carbonyl (C=O) groups excluding carboxylic acids is 2. The SMILES string of the molecule is O=C(O)N[C@@H](CN1C(=O)c2ccccc2C1=O)Cn1cccn1. The summed E-state index contributed by atoms with van der Waals surface area (Å²) in [4.78, 5) is 36.7. The lowest BCUT2D eigenvalue weighted by Gasteiger charge is -2.22. The Morgan fingerprint density at radius 1 is 1.13 bits per heavy atom. The van der Waals surface area contributed by atoms with Crippen molar-refractivity contribution in [3.63, 3.8) is 0 Å². The number of nitrogens with zero attached hydrogens (tertiary/aromatic N) is 3. The number of hydrogen-bond acceptors (Lipinski definition) is 4. The number of fused-ring (bicyclic) bond motifs is 1. The topological polar surface area (TPSA) is 105 Å². The molecule has 2 heterocycles. The van der Waals surface area contributed by atoms with Gasteiger partial charge >= 0.3 is 6.09 Å². The summed E-state index contributed by atoms with van der Waals surface area (Å²) in [5.41, 5.74) is 0.677. The molecule has 1 aliphatic rings. The normalized spacial score (nSPS) is 14.7. The van der Waals surface area contributed by atoms with Gasteiger partial charge in [0.1, 0.15) is 0 Å². The van der Waals surface area contributed by atoms with Crippen LogP contribution >= 0.6 is 0 Å². The van der Waals surface area contributed by atoms with Crippen LogP contribution in [-0.2, 0) is 6.54 Å². The lowest BCUT2D eigenvalue weighted by atomic mass is 10.1. The summed E-state index contributed by atoms with van der Waals surface area (Å²) < 4.78 is 1.54. The molecule has 0 saturated heterocycles. The van der Waals surface area contributed by atoms with E-state index >= 15 is 0 Å². The molecule has 8 heteroatoms. The van der Waals surface area contributed by atoms with Gasteiger partial charge in [-0.2, -0.15) is 5.10 Å². The number of carbonyl (C=O) groups is 3. The summed E-state index contributed by atoms with van der Waals surface area (Å²) in [7, 11) is 0. The van der Waals surface area contributed by atoms with Crippen LogP contribution in [0.4, 0.5) is 4.79 Å². The average molecular weight is 314 g/mol. The highest BCUT2D eigenvalue weighted by molar-refractivity contribution is 6.21. The fourth-order valence-corrected chi connectivity index (χ4v) is 2.58. The van der Waals surface area contributed by atoms with Gasteiger partial charge in [-0.15, -0.1) is 0 Å². The van der Waals surface area contributed by atoms with E-state index in [4.69, 9.17) is 5.11 Å². The third-order valence-corrected chi connectivity index (χ3v) is 3.58. The zero-order valence-electron chi connectivity index (χ0n) is 12.0. The van der Waals surface area contributed by atoms with Crippen molar-refractivity contribution in [3.8, 4) is 0 Å². The Morgan fingerprint density at radius 3 is 2.30 bits per heavy atom. The van der Waals surface area contributed by atoms with Crippen LogP contribution < -0.4 is 5.32 Å². The summed E-state index contributed by atoms with van der Waals surface area (Å²) in [6, 6.07) is 7.59. The first-order valence-corrected chi connectivity index (χ1v) is 6.98. The summed E-state index contributed by atoms with van der Waals surface area (Å²) in [5, 5.41) is 15.3. The molecule has 1 atom stereocenters. The molecule has 23 heavy (non-hydrogen) atoms. The Hall–Kier alpha value is -3.16. The van der Waals surface area contributed by atoms with Crippen molar-refractivity contribution in [2.24, 2.45) is 0 Å². The molecule has 0 spiro atoms. The van der Waals surface area contributed by atoms with E-state index in [1.165, 1.54) is 0 Å². The van der Waals surface area contributed by atoms with Crippen LogP contribution in [0, 0.1) is 0 Å². The highest BCUT2D eigenvalue weighted by Gasteiger charge is 2.36. The number of aromatic nitrogens is 2. The van der Waals surface area contributed by atoms with Gasteiger partial charge in [0, 0.05) is 12.4 Å². The molecule has 1 aromatic heterocycles. The van der Waals surface area contributed by atoms with E-state index in [9.17, 15) is 14.4 Å². The van der Waals surface area contributed by atoms with Crippen molar-refractivity contribution >= 4 is 17.9 Å². The molecule has 1 aromatic carbocycles. The Labute approximate surface area is 131 Å². The summed E-state index contributed by atoms with van der Waals surface area (Å²) in [6.07, 6.45) is 2.03. The van der Waals surface area contributed by atoms with E-state index in [2.05, 4.69) is 10.4 Å². The zero-order chi connectivity index (χ0) is 16.4. The van der Waals surface area contributed by atoms with E-state index in [0.29, 0.717) is 11.1 Å². The largest absolute Gasteiger partial charge is 0.465 e. The smallest absolute Gasteiger partial charge is 0.405 e. The molecule has 2 aromatic rings. The second-order valence-corrected chi connectivity index (χ2v) is 5.14. The van der Waals surface area contributed by atoms with Crippen LogP contribution in [-0.4, -0.2) is 50.3 Å². The second kappa shape index (κ2) is 5.91. The zero-order valence-corrected chi connectivity index (χ0v) is 12.0. The molecule has 3 rings (SSSR count). The van der Waals surface area contributed by atoms with Crippen molar-refractivity contribution in [1.29, 1.82) is 0 Å². The molecule has 118 valence electrons. The standard InChI is InChI=1S/C15H14N4O4/c20-13-11-4-1-2-5-12(11)14(21)19(13)9-10(17-15(22)23)8-18-7-3-6-16-18/h1-7,10,17H,8-9H2,(H,22,23)/t10-/m1/s1. The Bertz CT molecular complexity index is 722. The average Bonchev–Trinajstić information content (AvgIpc) is 3.10. The Balaban J connectivity index is 1.79. The van der Waals surface area contributed by atoms with E-state index in [-0.39, 0.29) is 13.1 Å². The Morgan fingerprint density at radius 2 is 1.78 bits per heavy atom. The van der Waals surface area contributed by atoms with Crippen LogP contribution in [0.1, 0.15) is 20.7 Å². The predicted octanol–water partition coefficient (Wildman–Crippen LogP) is 0.815. The number of nitrogens with one attached hydrogen (secondary N) is 1. The van der Waals surface area contributed by atoms with Crippen LogP contribution in [0.15, 0.2) is 42.7 Å². The van der Waals surface area contributed by atoms with Gasteiger partial charge in [0.25, 0.3) is 11.8 Å². The first-order chi connectivity index (χ1) is 11.1. The molecule has 0 aliphatic carbocycles. The fourth-order valence-electron chi connectivity index (χ4n) is 2.58. The molecule has 0 unspecified atom stereocenters. The molecular weight excluding hydrogens is 300 g/mol. The minimum Gasteiger partial charge on any atom is -0.465 e. The van der Waals surface area contributed by atoms with Gasteiger partial charge in [0.05, 0.1) is 30.3 Å². The van der Waals surface area contributed by atoms with E-state index in [1.807, 2.05) is 0 Å². The van der Waals surface area contributed by atoms with Crippen molar-refractivity contribution in [2.75, 3.05) is 6.54 Å². The van der Waals surface area contributed by atoms with Crippen molar-refractivity contribution in [3.05, 3.63) is 53.9 Å². The minimum absolute atomic E-state index is 0.0570. The lowest BCUT2D eigenvalue weighted by molar-refractivity contribution is 0.0631. The van der Waals surface area contributed by atoms with E-state index in [0.717, 1.165) is 4.90 Å². The molecular formula is C15H14N4O4. The maximum atomic E-state index is 12.3. The van der Waals surface area contributed by atoms with Gasteiger partial charge in [0.15, 0.2) is 0 Å². The van der Waals surface area contributed by atoms with E-state index in [1.54, 1.807) is 47.4 Å². The molecule has 0 saturated carbocycles. The van der Waals surface area contributed by atoms with Gasteiger partial charge < -0.3 is 10.4 Å². The quantitative estimate of drug-likeness (QED) is 0.795. The van der Waals surface area contributed by atoms with Crippen molar-refractivity contribution in [1.82, 2.24) is 20.0 Å². The van der Waals surface area contributed by atoms with Crippen LogP contribution in [0.3, 0.4) is 0 Å². The van der Waals surface area contributed by atoms with Crippen LogP contribution in [0.2, 0.25) is 0 Å². The summed E-state index contributed by atoms with van der Waals surface area (Å²) in [5.74, 6) is -0.827. The molecule has 0 bridgehead atoms. The van der Waals surface area contributed by atoms with Gasteiger partial charge in [-0.25, -0.2) is 4.79 Å². The van der Waals surface area contributed by atoms with Gasteiger partial charge in [-0.1, -0.05) is 12.1 Å². The lowest BCUT2D eigenvalue weighted by Crippen LogP contribution is -2.47. The van der Waals surface area contributed by atoms with Crippen molar-refractivity contribution < 1.29 is 19.5 Å². The monoisotopic (exact) mass is 314 g/mol. The number of carboxylic acid groups (broad SMARTS) is 1. The first kappa shape index (κ1) is 14.8. The summed E-state index contributed by atoms with van der Waals surface area (Å²) in [6.45, 7) is 0.158. The molecule has 8 nitrogen and oxygen atoms in total. The van der Waals surface area contributed by atoms with Gasteiger partial charge in [-0.05, 0) is 18.2 Å². The number of amides is 3. The maximum absolute atomic E-state index is 12.3. The number of hydrogen-bond donors (Lipinski definition) is 2. The maximum Gasteiger partial charge on any atom is 0.405 e. The molecule has 1 aliphatic heterocycles. The first-order valence-electron chi connectivity index (χ1n) is 6.98. The minimum atomic E-state index is -1.22. The third-order valence-electron chi connectivity index (χ3n) is 3.58.